The maximum atomic E-state index is 13.9. The first-order valence-corrected chi connectivity index (χ1v) is 11.6. The molecule has 2 aromatic carbocycles. The normalized spacial score (nSPS) is 13.7. The van der Waals surface area contributed by atoms with Gasteiger partial charge in [-0.1, -0.05) is 37.1 Å². The van der Waals surface area contributed by atoms with E-state index in [1.807, 2.05) is 26.0 Å². The first-order valence-electron chi connectivity index (χ1n) is 11.6. The fraction of sp³-hybridized carbons (Fsp3) is 0.143. The molecule has 8 heteroatoms. The minimum atomic E-state index is -0.594. The van der Waals surface area contributed by atoms with Crippen molar-refractivity contribution in [2.24, 2.45) is 0 Å². The quantitative estimate of drug-likeness (QED) is 0.311. The van der Waals surface area contributed by atoms with Crippen LogP contribution in [-0.2, 0) is 16.0 Å². The molecule has 0 saturated heterocycles. The topological polar surface area (TPSA) is 82.1 Å². The summed E-state index contributed by atoms with van der Waals surface area (Å²) in [5, 5.41) is 18.2. The van der Waals surface area contributed by atoms with E-state index in [0.29, 0.717) is 29.9 Å². The van der Waals surface area contributed by atoms with Gasteiger partial charge in [-0.05, 0) is 55.6 Å². The molecule has 4 aromatic rings. The van der Waals surface area contributed by atoms with Crippen LogP contribution >= 0.6 is 0 Å². The van der Waals surface area contributed by atoms with E-state index in [2.05, 4.69) is 5.10 Å². The third-order valence-corrected chi connectivity index (χ3v) is 6.05. The van der Waals surface area contributed by atoms with Crippen LogP contribution in [-0.4, -0.2) is 21.6 Å². The Morgan fingerprint density at radius 1 is 0.917 bits per heavy atom. The lowest BCUT2D eigenvalue weighted by atomic mass is 10.0. The molecule has 0 unspecified atom stereocenters. The van der Waals surface area contributed by atoms with E-state index in [0.717, 1.165) is 15.1 Å². The zero-order chi connectivity index (χ0) is 25.4. The average Bonchev–Trinajstić information content (AvgIpc) is 3.33. The number of rotatable bonds is 6. The van der Waals surface area contributed by atoms with Gasteiger partial charge in [0.05, 0.1) is 17.1 Å². The molecule has 1 aliphatic heterocycles. The number of nitrogens with zero attached hydrogens (tertiary/aromatic N) is 4. The smallest absolute Gasteiger partial charge is 0.331 e. The number of pyridine rings is 1. The third-order valence-electron chi connectivity index (χ3n) is 6.05. The lowest BCUT2D eigenvalue weighted by molar-refractivity contribution is -0.576. The summed E-state index contributed by atoms with van der Waals surface area (Å²) in [6.07, 6.45) is 4.40. The molecule has 0 N–H and O–H groups in total. The molecule has 7 nitrogen and oxygen atoms in total. The monoisotopic (exact) mass is 482 g/mol. The fourth-order valence-corrected chi connectivity index (χ4v) is 4.32. The Morgan fingerprint density at radius 2 is 1.56 bits per heavy atom. The molecular formula is C28H23FN4O3. The summed E-state index contributed by atoms with van der Waals surface area (Å²) in [5.41, 5.74) is 2.33. The molecule has 3 heterocycles. The number of carbonyl (C=O) groups is 2. The molecule has 0 bridgehead atoms. The molecule has 0 fully saturated rings. The summed E-state index contributed by atoms with van der Waals surface area (Å²) >= 11 is 0. The molecule has 0 radical (unpaired) electrons. The second kappa shape index (κ2) is 9.22. The predicted molar refractivity (Wildman–Crippen MR) is 130 cm³/mol. The molecule has 2 aromatic heterocycles. The number of hydrogen-bond acceptors (Lipinski definition) is 4. The summed E-state index contributed by atoms with van der Waals surface area (Å²) in [6.45, 7) is 3.85. The van der Waals surface area contributed by atoms with Crippen LogP contribution < -0.4 is 14.6 Å². The maximum Gasteiger partial charge on any atom is 0.331 e. The number of aryl methyl sites for hydroxylation is 2. The van der Waals surface area contributed by atoms with E-state index < -0.39 is 23.5 Å². The number of imide groups is 1. The van der Waals surface area contributed by atoms with Crippen molar-refractivity contribution in [3.05, 3.63) is 102 Å². The van der Waals surface area contributed by atoms with E-state index in [1.165, 1.54) is 24.3 Å². The zero-order valence-corrected chi connectivity index (χ0v) is 19.8. The summed E-state index contributed by atoms with van der Waals surface area (Å²) in [4.78, 5) is 28.7. The van der Waals surface area contributed by atoms with E-state index >= 15 is 0 Å². The molecule has 5 rings (SSSR count). The van der Waals surface area contributed by atoms with E-state index in [-0.39, 0.29) is 16.8 Å². The van der Waals surface area contributed by atoms with Crippen molar-refractivity contribution in [2.45, 2.75) is 26.7 Å². The number of hydrogen-bond donors (Lipinski definition) is 0. The summed E-state index contributed by atoms with van der Waals surface area (Å²) in [7, 11) is 0. The highest BCUT2D eigenvalue weighted by Crippen LogP contribution is 2.39. The Labute approximate surface area is 207 Å². The van der Waals surface area contributed by atoms with Gasteiger partial charge in [0.2, 0.25) is 0 Å². The SMILES string of the molecule is CCCc1nn(-c2ccc(F)cc2)c([O-])c1C1=C([n+]2ccccc2)C(=O)N(c2ccc(C)cc2)C1=O. The lowest BCUT2D eigenvalue weighted by Crippen LogP contribution is -2.39. The molecule has 0 spiro atoms. The van der Waals surface area contributed by atoms with Crippen molar-refractivity contribution in [1.29, 1.82) is 0 Å². The maximum absolute atomic E-state index is 13.9. The zero-order valence-electron chi connectivity index (χ0n) is 19.8. The predicted octanol–water partition coefficient (Wildman–Crippen LogP) is 3.58. The Kier molecular flexibility index (Phi) is 5.93. The van der Waals surface area contributed by atoms with Crippen LogP contribution in [0.25, 0.3) is 17.0 Å². The van der Waals surface area contributed by atoms with Crippen LogP contribution in [0, 0.1) is 12.7 Å². The van der Waals surface area contributed by atoms with Crippen molar-refractivity contribution < 1.29 is 23.7 Å². The third kappa shape index (κ3) is 3.86. The van der Waals surface area contributed by atoms with Gasteiger partial charge in [-0.3, -0.25) is 9.59 Å². The summed E-state index contributed by atoms with van der Waals surface area (Å²) < 4.78 is 16.2. The highest BCUT2D eigenvalue weighted by Gasteiger charge is 2.47. The van der Waals surface area contributed by atoms with Gasteiger partial charge in [-0.25, -0.2) is 14.0 Å². The first-order chi connectivity index (χ1) is 17.4. The molecule has 36 heavy (non-hydrogen) atoms. The highest BCUT2D eigenvalue weighted by atomic mass is 19.1. The molecule has 1 aliphatic rings. The second-order valence-corrected chi connectivity index (χ2v) is 8.55. The Hall–Kier alpha value is -4.59. The van der Waals surface area contributed by atoms with Gasteiger partial charge in [0.15, 0.2) is 12.4 Å². The summed E-state index contributed by atoms with van der Waals surface area (Å²) in [6, 6.07) is 17.7. The second-order valence-electron chi connectivity index (χ2n) is 8.55. The lowest BCUT2D eigenvalue weighted by Gasteiger charge is -2.16. The van der Waals surface area contributed by atoms with Crippen LogP contribution in [0.3, 0.4) is 0 Å². The van der Waals surface area contributed by atoms with Crippen LogP contribution in [0.4, 0.5) is 10.1 Å². The number of anilines is 1. The van der Waals surface area contributed by atoms with Crippen LogP contribution in [0.5, 0.6) is 5.88 Å². The van der Waals surface area contributed by atoms with E-state index in [1.54, 1.807) is 47.3 Å². The number of carbonyl (C=O) groups excluding carboxylic acids is 2. The van der Waals surface area contributed by atoms with Gasteiger partial charge in [0.25, 0.3) is 11.6 Å². The largest absolute Gasteiger partial charge is 0.858 e. The van der Waals surface area contributed by atoms with Crippen molar-refractivity contribution in [3.8, 4) is 11.6 Å². The van der Waals surface area contributed by atoms with Gasteiger partial charge in [-0.15, -0.1) is 0 Å². The number of amides is 2. The molecular weight excluding hydrogens is 459 g/mol. The van der Waals surface area contributed by atoms with Crippen molar-refractivity contribution >= 4 is 28.8 Å². The van der Waals surface area contributed by atoms with Gasteiger partial charge in [0, 0.05) is 17.7 Å². The van der Waals surface area contributed by atoms with Gasteiger partial charge in [0.1, 0.15) is 11.4 Å². The van der Waals surface area contributed by atoms with E-state index in [4.69, 9.17) is 0 Å². The fourth-order valence-electron chi connectivity index (χ4n) is 4.32. The Morgan fingerprint density at radius 3 is 2.19 bits per heavy atom. The van der Waals surface area contributed by atoms with Crippen molar-refractivity contribution in [1.82, 2.24) is 9.78 Å². The molecule has 2 amide bonds. The van der Waals surface area contributed by atoms with Crippen molar-refractivity contribution in [2.75, 3.05) is 4.90 Å². The summed E-state index contributed by atoms with van der Waals surface area (Å²) in [5.74, 6) is -2.11. The number of benzene rings is 2. The number of aromatic nitrogens is 3. The molecule has 0 saturated carbocycles. The van der Waals surface area contributed by atoms with Crippen LogP contribution in [0.15, 0.2) is 79.1 Å². The van der Waals surface area contributed by atoms with Gasteiger partial charge >= 0.3 is 5.91 Å². The average molecular weight is 483 g/mol. The van der Waals surface area contributed by atoms with Crippen LogP contribution in [0.2, 0.25) is 0 Å². The minimum absolute atomic E-state index is 0.00131. The first kappa shape index (κ1) is 23.2. The van der Waals surface area contributed by atoms with E-state index in [9.17, 15) is 19.1 Å². The minimum Gasteiger partial charge on any atom is -0.858 e. The van der Waals surface area contributed by atoms with Gasteiger partial charge in [-0.2, -0.15) is 9.67 Å². The Bertz CT molecular complexity index is 1490. The molecule has 180 valence electrons. The number of halogens is 1. The molecule has 0 atom stereocenters. The highest BCUT2D eigenvalue weighted by molar-refractivity contribution is 6.53. The standard InChI is InChI=1S/C28H23FN4O3/c1-3-7-22-23(27(35)33(30-22)21-14-10-19(29)11-15-21)24-25(31-16-5-4-6-17-31)28(36)32(26(24)34)20-12-8-18(2)9-13-20/h4-6,8-17H,3,7H2,1-2H3. The molecule has 0 aliphatic carbocycles. The Balaban J connectivity index is 1.75. The van der Waals surface area contributed by atoms with Gasteiger partial charge < -0.3 is 5.11 Å². The van der Waals surface area contributed by atoms with Crippen LogP contribution in [0.1, 0.15) is 30.2 Å². The van der Waals surface area contributed by atoms with Crippen molar-refractivity contribution in [3.63, 3.8) is 0 Å².